The molecule has 0 fully saturated rings. The van der Waals surface area contributed by atoms with Crippen molar-refractivity contribution in [2.24, 2.45) is 0 Å². The Kier molecular flexibility index (Phi) is 5.26. The van der Waals surface area contributed by atoms with Crippen LogP contribution in [0.25, 0.3) is 6.08 Å². The molecule has 0 amide bonds. The van der Waals surface area contributed by atoms with Crippen molar-refractivity contribution in [3.63, 3.8) is 0 Å². The van der Waals surface area contributed by atoms with Crippen molar-refractivity contribution in [2.45, 2.75) is 27.2 Å². The van der Waals surface area contributed by atoms with Crippen molar-refractivity contribution in [3.05, 3.63) is 46.9 Å². The highest BCUT2D eigenvalue weighted by atomic mass is 16.5. The molecular formula is C18H25N3O. The van der Waals surface area contributed by atoms with Gasteiger partial charge in [0.15, 0.2) is 0 Å². The molecular weight excluding hydrogens is 274 g/mol. The van der Waals surface area contributed by atoms with Gasteiger partial charge in [0.05, 0.1) is 6.61 Å². The maximum absolute atomic E-state index is 5.84. The van der Waals surface area contributed by atoms with Crippen molar-refractivity contribution in [2.75, 3.05) is 25.6 Å². The van der Waals surface area contributed by atoms with Gasteiger partial charge in [-0.2, -0.15) is 0 Å². The average molecular weight is 299 g/mol. The Balaban J connectivity index is 1.99. The molecule has 0 aromatic carbocycles. The summed E-state index contributed by atoms with van der Waals surface area (Å²) in [5.74, 6) is 0.686. The molecule has 0 unspecified atom stereocenters. The van der Waals surface area contributed by atoms with E-state index in [1.807, 2.05) is 46.2 Å². The summed E-state index contributed by atoms with van der Waals surface area (Å²) in [4.78, 5) is 9.79. The molecule has 1 N–H and O–H groups in total. The number of nitrogens with one attached hydrogen (secondary N) is 1. The van der Waals surface area contributed by atoms with E-state index < -0.39 is 0 Å². The minimum absolute atomic E-state index is 0.622. The van der Waals surface area contributed by atoms with E-state index in [4.69, 9.17) is 4.74 Å². The normalized spacial score (nSPS) is 11.1. The molecule has 22 heavy (non-hydrogen) atoms. The van der Waals surface area contributed by atoms with Crippen LogP contribution in [0.4, 0.5) is 5.69 Å². The third-order valence-electron chi connectivity index (χ3n) is 3.67. The molecule has 0 saturated heterocycles. The zero-order valence-corrected chi connectivity index (χ0v) is 14.1. The number of allylic oxidation sites excluding steroid dienone is 1. The minimum atomic E-state index is 0.622. The number of nitrogens with zero attached hydrogens (tertiary/aromatic N) is 2. The average Bonchev–Trinajstić information content (AvgIpc) is 2.80. The monoisotopic (exact) mass is 299 g/mol. The highest BCUT2D eigenvalue weighted by Gasteiger charge is 2.06. The highest BCUT2D eigenvalue weighted by molar-refractivity contribution is 5.52. The summed E-state index contributed by atoms with van der Waals surface area (Å²) >= 11 is 0. The van der Waals surface area contributed by atoms with Crippen LogP contribution in [0.2, 0.25) is 0 Å². The molecule has 0 radical (unpaired) electrons. The van der Waals surface area contributed by atoms with Crippen LogP contribution < -0.4 is 9.64 Å². The first-order chi connectivity index (χ1) is 10.5. The number of aryl methyl sites for hydroxylation is 1. The zero-order valence-electron chi connectivity index (χ0n) is 14.1. The fourth-order valence-electron chi connectivity index (χ4n) is 2.37. The fraction of sp³-hybridized carbons (Fsp3) is 0.389. The van der Waals surface area contributed by atoms with Crippen LogP contribution >= 0.6 is 0 Å². The van der Waals surface area contributed by atoms with Gasteiger partial charge < -0.3 is 14.6 Å². The first kappa shape index (κ1) is 16.1. The predicted molar refractivity (Wildman–Crippen MR) is 92.7 cm³/mol. The van der Waals surface area contributed by atoms with E-state index in [0.717, 1.165) is 17.8 Å². The molecule has 2 rings (SSSR count). The molecule has 2 aromatic heterocycles. The lowest BCUT2D eigenvalue weighted by atomic mass is 10.1. The van der Waals surface area contributed by atoms with Gasteiger partial charge in [-0.3, -0.25) is 0 Å². The van der Waals surface area contributed by atoms with E-state index in [1.165, 1.54) is 16.8 Å². The molecule has 118 valence electrons. The number of aromatic nitrogens is 2. The number of anilines is 1. The van der Waals surface area contributed by atoms with Gasteiger partial charge in [-0.15, -0.1) is 0 Å². The topological polar surface area (TPSA) is 41.1 Å². The van der Waals surface area contributed by atoms with Crippen LogP contribution in [-0.4, -0.2) is 30.7 Å². The van der Waals surface area contributed by atoms with E-state index in [1.54, 1.807) is 0 Å². The largest absolute Gasteiger partial charge is 0.477 e. The quantitative estimate of drug-likeness (QED) is 0.883. The summed E-state index contributed by atoms with van der Waals surface area (Å²) in [5.41, 5.74) is 5.81. The Morgan fingerprint density at radius 3 is 2.73 bits per heavy atom. The van der Waals surface area contributed by atoms with Crippen LogP contribution in [0.5, 0.6) is 5.88 Å². The lowest BCUT2D eigenvalue weighted by Crippen LogP contribution is -2.10. The number of hydrogen-bond acceptors (Lipinski definition) is 3. The number of hydrogen-bond donors (Lipinski definition) is 1. The van der Waals surface area contributed by atoms with Gasteiger partial charge in [-0.25, -0.2) is 4.98 Å². The molecule has 4 heteroatoms. The molecule has 0 atom stereocenters. The van der Waals surface area contributed by atoms with Gasteiger partial charge in [-0.1, -0.05) is 6.08 Å². The summed E-state index contributed by atoms with van der Waals surface area (Å²) in [6, 6.07) is 4.02. The van der Waals surface area contributed by atoms with Crippen LogP contribution in [0.3, 0.4) is 0 Å². The van der Waals surface area contributed by atoms with E-state index in [9.17, 15) is 0 Å². The highest BCUT2D eigenvalue weighted by Crippen LogP contribution is 2.20. The first-order valence-corrected chi connectivity index (χ1v) is 7.59. The second kappa shape index (κ2) is 7.16. The van der Waals surface area contributed by atoms with Gasteiger partial charge in [0.1, 0.15) is 0 Å². The van der Waals surface area contributed by atoms with E-state index >= 15 is 0 Å². The summed E-state index contributed by atoms with van der Waals surface area (Å²) in [6.45, 7) is 6.77. The number of H-pyrrole nitrogens is 1. The summed E-state index contributed by atoms with van der Waals surface area (Å²) < 4.78 is 5.84. The molecule has 0 saturated carbocycles. The molecule has 0 aliphatic heterocycles. The Hall–Kier alpha value is -2.23. The molecule has 0 spiro atoms. The second-order valence-corrected chi connectivity index (χ2v) is 5.65. The number of rotatable bonds is 6. The molecule has 0 bridgehead atoms. The fourth-order valence-corrected chi connectivity index (χ4v) is 2.37. The maximum atomic E-state index is 5.84. The molecule has 2 heterocycles. The van der Waals surface area contributed by atoms with Gasteiger partial charge in [-0.05, 0) is 44.0 Å². The van der Waals surface area contributed by atoms with Gasteiger partial charge >= 0.3 is 0 Å². The van der Waals surface area contributed by atoms with Gasteiger partial charge in [0.25, 0.3) is 0 Å². The first-order valence-electron chi connectivity index (χ1n) is 7.59. The van der Waals surface area contributed by atoms with Crippen LogP contribution in [0.15, 0.2) is 24.4 Å². The molecule has 2 aromatic rings. The maximum Gasteiger partial charge on any atom is 0.215 e. The summed E-state index contributed by atoms with van der Waals surface area (Å²) in [7, 11) is 4.04. The third kappa shape index (κ3) is 3.91. The third-order valence-corrected chi connectivity index (χ3v) is 3.67. The van der Waals surface area contributed by atoms with Crippen molar-refractivity contribution in [1.29, 1.82) is 0 Å². The second-order valence-electron chi connectivity index (χ2n) is 5.65. The van der Waals surface area contributed by atoms with Crippen LogP contribution in [0, 0.1) is 13.8 Å². The number of ether oxygens (including phenoxy) is 1. The van der Waals surface area contributed by atoms with Crippen molar-refractivity contribution >= 4 is 11.8 Å². The van der Waals surface area contributed by atoms with Crippen molar-refractivity contribution < 1.29 is 4.74 Å². The standard InChI is InChI=1S/C18H25N3O/c1-6-7-17-14(3)15(12-19-17)8-9-22-18-11-16(21(4)5)10-13(2)20-18/h6-7,10-12,19H,8-9H2,1-5H3/b7-6-. The number of aromatic amines is 1. The molecule has 0 aliphatic carbocycles. The van der Waals surface area contributed by atoms with E-state index in [-0.39, 0.29) is 0 Å². The number of pyridine rings is 1. The summed E-state index contributed by atoms with van der Waals surface area (Å²) in [6.07, 6.45) is 7.06. The van der Waals surface area contributed by atoms with Crippen LogP contribution in [0.1, 0.15) is 29.4 Å². The van der Waals surface area contributed by atoms with E-state index in [2.05, 4.69) is 34.1 Å². The lowest BCUT2D eigenvalue weighted by Gasteiger charge is -2.14. The Labute approximate surface area is 132 Å². The van der Waals surface area contributed by atoms with Gasteiger partial charge in [0.2, 0.25) is 5.88 Å². The molecule has 4 nitrogen and oxygen atoms in total. The SMILES string of the molecule is C/C=C\c1[nH]cc(CCOc2cc(N(C)C)cc(C)n2)c1C. The Morgan fingerprint density at radius 2 is 2.05 bits per heavy atom. The lowest BCUT2D eigenvalue weighted by molar-refractivity contribution is 0.309. The smallest absolute Gasteiger partial charge is 0.215 e. The zero-order chi connectivity index (χ0) is 16.1. The minimum Gasteiger partial charge on any atom is -0.477 e. The van der Waals surface area contributed by atoms with Crippen molar-refractivity contribution in [3.8, 4) is 5.88 Å². The van der Waals surface area contributed by atoms with Crippen LogP contribution in [-0.2, 0) is 6.42 Å². The summed E-state index contributed by atoms with van der Waals surface area (Å²) in [5, 5.41) is 0. The predicted octanol–water partition coefficient (Wildman–Crippen LogP) is 3.75. The van der Waals surface area contributed by atoms with Crippen molar-refractivity contribution in [1.82, 2.24) is 9.97 Å². The van der Waals surface area contributed by atoms with E-state index in [0.29, 0.717) is 12.5 Å². The molecule has 0 aliphatic rings. The Bertz CT molecular complexity index is 656. The Morgan fingerprint density at radius 1 is 1.27 bits per heavy atom. The van der Waals surface area contributed by atoms with Gasteiger partial charge in [0, 0.05) is 49.9 Å².